The van der Waals surface area contributed by atoms with Crippen molar-refractivity contribution in [3.8, 4) is 0 Å². The van der Waals surface area contributed by atoms with Crippen LogP contribution in [0.2, 0.25) is 0 Å². The van der Waals surface area contributed by atoms with Gasteiger partial charge in [0, 0.05) is 5.92 Å². The van der Waals surface area contributed by atoms with E-state index in [1.165, 1.54) is 44.9 Å². The molecule has 0 bridgehead atoms. The Hall–Kier alpha value is -0.640. The molecule has 0 spiro atoms. The van der Waals surface area contributed by atoms with E-state index >= 15 is 0 Å². The minimum absolute atomic E-state index is 0.210. The molecule has 2 aliphatic rings. The zero-order valence-corrected chi connectivity index (χ0v) is 17.7. The predicted molar refractivity (Wildman–Crippen MR) is 114 cm³/mol. The number of unbranched alkanes of at least 4 members (excludes halogenated alkanes) is 4. The molecule has 0 unspecified atom stereocenters. The monoisotopic (exact) mass is 377 g/mol. The third-order valence-electron chi connectivity index (χ3n) is 6.65. The van der Waals surface area contributed by atoms with E-state index in [2.05, 4.69) is 26.0 Å². The van der Waals surface area contributed by atoms with Crippen LogP contribution in [0.1, 0.15) is 84.5 Å². The van der Waals surface area contributed by atoms with Gasteiger partial charge in [0.15, 0.2) is 0 Å². The van der Waals surface area contributed by atoms with Crippen molar-refractivity contribution in [2.24, 2.45) is 29.4 Å². The van der Waals surface area contributed by atoms with Crippen molar-refractivity contribution in [2.75, 3.05) is 6.54 Å². The van der Waals surface area contributed by atoms with Crippen LogP contribution in [0.3, 0.4) is 0 Å². The van der Waals surface area contributed by atoms with Crippen LogP contribution in [-0.2, 0) is 0 Å². The van der Waals surface area contributed by atoms with Gasteiger partial charge in [0.1, 0.15) is 0 Å². The van der Waals surface area contributed by atoms with Gasteiger partial charge in [-0.1, -0.05) is 69.8 Å². The molecule has 2 rings (SSSR count). The van der Waals surface area contributed by atoms with Gasteiger partial charge in [0.25, 0.3) is 0 Å². The number of hydrogen-bond donors (Lipinski definition) is 3. The fourth-order valence-electron chi connectivity index (χ4n) is 5.06. The lowest BCUT2D eigenvalue weighted by Crippen LogP contribution is -2.18. The lowest BCUT2D eigenvalue weighted by atomic mass is 9.88. The van der Waals surface area contributed by atoms with Crippen LogP contribution in [0.15, 0.2) is 23.8 Å². The molecule has 1 saturated carbocycles. The number of aliphatic hydroxyl groups excluding tert-OH is 2. The molecule has 27 heavy (non-hydrogen) atoms. The van der Waals surface area contributed by atoms with Crippen molar-refractivity contribution in [1.82, 2.24) is 0 Å². The molecule has 0 saturated heterocycles. The lowest BCUT2D eigenvalue weighted by Gasteiger charge is -2.19. The van der Waals surface area contributed by atoms with Crippen LogP contribution in [0, 0.1) is 23.7 Å². The van der Waals surface area contributed by atoms with Gasteiger partial charge in [-0.15, -0.1) is 0 Å². The first-order chi connectivity index (χ1) is 13.0. The summed E-state index contributed by atoms with van der Waals surface area (Å²) >= 11 is 0. The van der Waals surface area contributed by atoms with Crippen LogP contribution in [0.4, 0.5) is 0 Å². The van der Waals surface area contributed by atoms with Crippen molar-refractivity contribution in [2.45, 2.75) is 96.7 Å². The van der Waals surface area contributed by atoms with Gasteiger partial charge < -0.3 is 15.9 Å². The molecule has 0 amide bonds. The van der Waals surface area contributed by atoms with Crippen LogP contribution in [0.25, 0.3) is 0 Å². The normalized spacial score (nSPS) is 29.9. The Balaban J connectivity index is 1.77. The molecule has 0 aliphatic heterocycles. The first kappa shape index (κ1) is 22.6. The quantitative estimate of drug-likeness (QED) is 0.313. The molecule has 6 atom stereocenters. The molecule has 0 heterocycles. The van der Waals surface area contributed by atoms with Gasteiger partial charge in [0.2, 0.25) is 0 Å². The summed E-state index contributed by atoms with van der Waals surface area (Å²) in [4.78, 5) is 0. The average molecular weight is 378 g/mol. The Morgan fingerprint density at radius 2 is 2.00 bits per heavy atom. The highest BCUT2D eigenvalue weighted by Crippen LogP contribution is 2.48. The number of hydrogen-bond acceptors (Lipinski definition) is 3. The number of aliphatic hydroxyl groups is 2. The van der Waals surface area contributed by atoms with Gasteiger partial charge in [-0.2, -0.15) is 0 Å². The number of rotatable bonds is 13. The molecule has 156 valence electrons. The molecule has 0 aromatic rings. The molecule has 2 aliphatic carbocycles. The minimum Gasteiger partial charge on any atom is -0.392 e. The summed E-state index contributed by atoms with van der Waals surface area (Å²) in [6.07, 6.45) is 18.6. The van der Waals surface area contributed by atoms with Crippen molar-refractivity contribution in [3.63, 3.8) is 0 Å². The molecular formula is C24H43NO2. The van der Waals surface area contributed by atoms with E-state index < -0.39 is 0 Å². The fourth-order valence-corrected chi connectivity index (χ4v) is 5.06. The maximum Gasteiger partial charge on any atom is 0.0723 e. The maximum absolute atomic E-state index is 10.5. The average Bonchev–Trinajstić information content (AvgIpc) is 3.14. The standard InChI is InChI=1S/C24H43NO2/c1-3-4-9-18(2)14-21(26)11-12-22-23-16-19(10-7-5-6-8-13-25)15-20(23)17-24(22)27/h11-12,15,18,20-24,26-27H,3-10,13-14,16-17,25H2,1-2H3/b12-11+/t18-,20-,21+,22+,23-,24+/m0/s1. The van der Waals surface area contributed by atoms with E-state index in [1.54, 1.807) is 5.57 Å². The third kappa shape index (κ3) is 7.36. The van der Waals surface area contributed by atoms with E-state index in [4.69, 9.17) is 5.73 Å². The highest BCUT2D eigenvalue weighted by atomic mass is 16.3. The summed E-state index contributed by atoms with van der Waals surface area (Å²) in [5.41, 5.74) is 7.16. The van der Waals surface area contributed by atoms with Crippen molar-refractivity contribution in [3.05, 3.63) is 23.8 Å². The SMILES string of the molecule is CCCC[C@H](C)C[C@H](O)/C=C/[C@@H]1[C@H]2CC(CCCCCCN)=C[C@H]2C[C@H]1O. The van der Waals surface area contributed by atoms with E-state index in [9.17, 15) is 10.2 Å². The Labute approximate surface area is 167 Å². The molecule has 0 aromatic carbocycles. The molecule has 0 aromatic heterocycles. The summed E-state index contributed by atoms with van der Waals surface area (Å²) in [6, 6.07) is 0. The molecule has 3 nitrogen and oxygen atoms in total. The second-order valence-corrected chi connectivity index (χ2v) is 9.13. The number of nitrogens with two attached hydrogens (primary N) is 1. The predicted octanol–water partition coefficient (Wildman–Crippen LogP) is 4.97. The highest BCUT2D eigenvalue weighted by molar-refractivity contribution is 5.21. The van der Waals surface area contributed by atoms with E-state index in [1.807, 2.05) is 6.08 Å². The van der Waals surface area contributed by atoms with E-state index in [0.717, 1.165) is 32.2 Å². The number of fused-ring (bicyclic) bond motifs is 1. The third-order valence-corrected chi connectivity index (χ3v) is 6.65. The van der Waals surface area contributed by atoms with Crippen molar-refractivity contribution >= 4 is 0 Å². The first-order valence-electron chi connectivity index (χ1n) is 11.5. The van der Waals surface area contributed by atoms with Crippen LogP contribution >= 0.6 is 0 Å². The Morgan fingerprint density at radius 1 is 1.22 bits per heavy atom. The molecule has 0 radical (unpaired) electrons. The lowest BCUT2D eigenvalue weighted by molar-refractivity contribution is 0.139. The summed E-state index contributed by atoms with van der Waals surface area (Å²) in [5, 5.41) is 20.8. The number of allylic oxidation sites excluding steroid dienone is 2. The molecule has 3 heteroatoms. The van der Waals surface area contributed by atoms with Crippen LogP contribution < -0.4 is 5.73 Å². The minimum atomic E-state index is -0.375. The Bertz CT molecular complexity index is 473. The topological polar surface area (TPSA) is 66.5 Å². The van der Waals surface area contributed by atoms with Crippen molar-refractivity contribution in [1.29, 1.82) is 0 Å². The second kappa shape index (κ2) is 12.0. The largest absolute Gasteiger partial charge is 0.392 e. The highest BCUT2D eigenvalue weighted by Gasteiger charge is 2.43. The van der Waals surface area contributed by atoms with E-state index in [0.29, 0.717) is 17.8 Å². The second-order valence-electron chi connectivity index (χ2n) is 9.13. The van der Waals surface area contributed by atoms with Crippen molar-refractivity contribution < 1.29 is 10.2 Å². The maximum atomic E-state index is 10.5. The summed E-state index contributed by atoms with van der Waals surface area (Å²) < 4.78 is 0. The fraction of sp³-hybridized carbons (Fsp3) is 0.833. The Kier molecular flexibility index (Phi) is 10.1. The summed E-state index contributed by atoms with van der Waals surface area (Å²) in [7, 11) is 0. The van der Waals surface area contributed by atoms with Gasteiger partial charge in [-0.05, 0) is 62.8 Å². The summed E-state index contributed by atoms with van der Waals surface area (Å²) in [6.45, 7) is 5.25. The van der Waals surface area contributed by atoms with Crippen LogP contribution in [0.5, 0.6) is 0 Å². The van der Waals surface area contributed by atoms with E-state index in [-0.39, 0.29) is 18.1 Å². The van der Waals surface area contributed by atoms with Gasteiger partial charge >= 0.3 is 0 Å². The Morgan fingerprint density at radius 3 is 2.74 bits per heavy atom. The smallest absolute Gasteiger partial charge is 0.0723 e. The zero-order chi connectivity index (χ0) is 19.6. The first-order valence-corrected chi connectivity index (χ1v) is 11.5. The van der Waals surface area contributed by atoms with Gasteiger partial charge in [-0.25, -0.2) is 0 Å². The van der Waals surface area contributed by atoms with Crippen LogP contribution in [-0.4, -0.2) is 29.0 Å². The van der Waals surface area contributed by atoms with Gasteiger partial charge in [-0.3, -0.25) is 0 Å². The van der Waals surface area contributed by atoms with Gasteiger partial charge in [0.05, 0.1) is 12.2 Å². The molecular weight excluding hydrogens is 334 g/mol. The molecule has 4 N–H and O–H groups in total. The zero-order valence-electron chi connectivity index (χ0n) is 17.7. The summed E-state index contributed by atoms with van der Waals surface area (Å²) in [5.74, 6) is 1.85. The molecule has 1 fully saturated rings.